The van der Waals surface area contributed by atoms with Gasteiger partial charge in [-0.3, -0.25) is 0 Å². The zero-order chi connectivity index (χ0) is 25.5. The van der Waals surface area contributed by atoms with Crippen molar-refractivity contribution in [3.05, 3.63) is 59.7 Å². The summed E-state index contributed by atoms with van der Waals surface area (Å²) in [6.07, 6.45) is -1.99. The van der Waals surface area contributed by atoms with E-state index in [-0.39, 0.29) is 18.6 Å². The molecule has 2 aromatic carbocycles. The fraction of sp³-hybridized carbons (Fsp3) is 0.400. The number of methoxy groups -OCH3 is 1. The van der Waals surface area contributed by atoms with E-state index in [1.807, 2.05) is 0 Å². The fourth-order valence-corrected chi connectivity index (χ4v) is 3.45. The van der Waals surface area contributed by atoms with Gasteiger partial charge in [0.25, 0.3) is 0 Å². The number of carbonyl (C=O) groups is 3. The summed E-state index contributed by atoms with van der Waals surface area (Å²) in [5.41, 5.74) is -1.80. The van der Waals surface area contributed by atoms with Crippen LogP contribution in [0.2, 0.25) is 0 Å². The number of hydrogen-bond acceptors (Lipinski definition) is 8. The number of rotatable bonds is 8. The highest BCUT2D eigenvalue weighted by Gasteiger charge is 2.44. The molecule has 1 amide bonds. The van der Waals surface area contributed by atoms with Gasteiger partial charge in [-0.25, -0.2) is 14.4 Å². The van der Waals surface area contributed by atoms with Gasteiger partial charge in [-0.1, -0.05) is 24.3 Å². The Bertz CT molecular complexity index is 1020. The van der Waals surface area contributed by atoms with E-state index in [0.29, 0.717) is 11.1 Å². The van der Waals surface area contributed by atoms with E-state index < -0.39 is 41.0 Å². The molecule has 0 aliphatic heterocycles. The molecule has 0 aliphatic rings. The number of phenols is 2. The summed E-state index contributed by atoms with van der Waals surface area (Å²) in [4.78, 5) is 38.2. The molecule has 34 heavy (non-hydrogen) atoms. The number of ether oxygens (including phenoxy) is 3. The molecule has 0 heterocycles. The summed E-state index contributed by atoms with van der Waals surface area (Å²) < 4.78 is 15.9. The zero-order valence-electron chi connectivity index (χ0n) is 20.0. The minimum absolute atomic E-state index is 0.139. The Hall–Kier alpha value is -3.75. The summed E-state index contributed by atoms with van der Waals surface area (Å²) in [6.45, 7) is 6.61. The van der Waals surface area contributed by atoms with Gasteiger partial charge >= 0.3 is 18.0 Å². The van der Waals surface area contributed by atoms with Crippen molar-refractivity contribution >= 4 is 18.0 Å². The number of carbonyl (C=O) groups excluding carboxylic acids is 3. The summed E-state index contributed by atoms with van der Waals surface area (Å²) >= 11 is 0. The van der Waals surface area contributed by atoms with E-state index in [9.17, 15) is 24.6 Å². The molecule has 0 aliphatic carbocycles. The largest absolute Gasteiger partial charge is 0.504 e. The first kappa shape index (κ1) is 26.5. The number of alkyl carbamates (subject to hydrolysis) is 1. The number of benzene rings is 2. The van der Waals surface area contributed by atoms with Crippen molar-refractivity contribution in [2.75, 3.05) is 7.11 Å². The molecular formula is C25H31NO8. The maximum Gasteiger partial charge on any atom is 0.408 e. The number of hydrogen-bond donors (Lipinski definition) is 3. The second-order valence-electron chi connectivity index (χ2n) is 8.99. The Balaban J connectivity index is 2.38. The third kappa shape index (κ3) is 7.40. The van der Waals surface area contributed by atoms with Crippen molar-refractivity contribution in [1.82, 2.24) is 5.32 Å². The van der Waals surface area contributed by atoms with Crippen molar-refractivity contribution in [2.45, 2.75) is 57.8 Å². The highest BCUT2D eigenvalue weighted by molar-refractivity contribution is 5.89. The quantitative estimate of drug-likeness (QED) is 0.300. The molecule has 0 bridgehead atoms. The molecule has 0 radical (unpaired) electrons. The molecule has 0 saturated carbocycles. The summed E-state index contributed by atoms with van der Waals surface area (Å²) in [5.74, 6) is -2.12. The highest BCUT2D eigenvalue weighted by Crippen LogP contribution is 2.30. The molecule has 2 aromatic rings. The molecule has 0 fully saturated rings. The first-order chi connectivity index (χ1) is 15.8. The van der Waals surface area contributed by atoms with Crippen LogP contribution in [0.3, 0.4) is 0 Å². The molecule has 2 rings (SSSR count). The van der Waals surface area contributed by atoms with Gasteiger partial charge in [-0.2, -0.15) is 0 Å². The second kappa shape index (κ2) is 10.9. The molecule has 0 saturated heterocycles. The Morgan fingerprint density at radius 2 is 1.65 bits per heavy atom. The van der Waals surface area contributed by atoms with Gasteiger partial charge in [-0.05, 0) is 57.5 Å². The molecule has 0 aromatic heterocycles. The smallest absolute Gasteiger partial charge is 0.408 e. The van der Waals surface area contributed by atoms with Crippen LogP contribution in [-0.4, -0.2) is 52.6 Å². The van der Waals surface area contributed by atoms with Gasteiger partial charge in [0.1, 0.15) is 17.2 Å². The third-order valence-electron chi connectivity index (χ3n) is 4.82. The number of amides is 1. The lowest BCUT2D eigenvalue weighted by molar-refractivity contribution is -0.150. The van der Waals surface area contributed by atoms with Gasteiger partial charge in [0, 0.05) is 12.8 Å². The van der Waals surface area contributed by atoms with Crippen LogP contribution in [0.15, 0.2) is 48.5 Å². The minimum Gasteiger partial charge on any atom is -0.504 e. The van der Waals surface area contributed by atoms with Crippen LogP contribution in [-0.2, 0) is 25.4 Å². The lowest BCUT2D eigenvalue weighted by atomic mass is 9.85. The van der Waals surface area contributed by atoms with Gasteiger partial charge in [-0.15, -0.1) is 0 Å². The number of phenolic OH excluding ortho intramolecular Hbond substituents is 2. The van der Waals surface area contributed by atoms with Crippen LogP contribution in [0.25, 0.3) is 0 Å². The summed E-state index contributed by atoms with van der Waals surface area (Å²) in [7, 11) is 1.17. The van der Waals surface area contributed by atoms with Crippen LogP contribution in [0, 0.1) is 0 Å². The average Bonchev–Trinajstić information content (AvgIpc) is 2.74. The van der Waals surface area contributed by atoms with Crippen LogP contribution in [0.5, 0.6) is 11.5 Å². The Labute approximate surface area is 198 Å². The van der Waals surface area contributed by atoms with E-state index in [4.69, 9.17) is 14.2 Å². The maximum atomic E-state index is 13.0. The van der Waals surface area contributed by atoms with Gasteiger partial charge < -0.3 is 29.7 Å². The maximum absolute atomic E-state index is 13.0. The number of aromatic hydroxyl groups is 2. The Morgan fingerprint density at radius 3 is 2.21 bits per heavy atom. The summed E-state index contributed by atoms with van der Waals surface area (Å²) in [5, 5.41) is 22.1. The van der Waals surface area contributed by atoms with Gasteiger partial charge in [0.2, 0.25) is 0 Å². The van der Waals surface area contributed by atoms with E-state index in [1.54, 1.807) is 58.0 Å². The van der Waals surface area contributed by atoms with Crippen molar-refractivity contribution in [3.63, 3.8) is 0 Å². The first-order valence-corrected chi connectivity index (χ1v) is 10.7. The predicted molar refractivity (Wildman–Crippen MR) is 124 cm³/mol. The van der Waals surface area contributed by atoms with Crippen molar-refractivity contribution in [3.8, 4) is 11.5 Å². The molecule has 2 atom stereocenters. The van der Waals surface area contributed by atoms with Crippen molar-refractivity contribution in [2.24, 2.45) is 0 Å². The Kier molecular flexibility index (Phi) is 8.51. The minimum atomic E-state index is -1.71. The lowest BCUT2D eigenvalue weighted by Crippen LogP contribution is -2.59. The normalized spacial score (nSPS) is 13.8. The van der Waals surface area contributed by atoms with Crippen molar-refractivity contribution < 1.29 is 38.8 Å². The van der Waals surface area contributed by atoms with Crippen LogP contribution in [0.1, 0.15) is 50.0 Å². The zero-order valence-corrected chi connectivity index (χ0v) is 20.0. The first-order valence-electron chi connectivity index (χ1n) is 10.7. The average molecular weight is 474 g/mol. The monoisotopic (exact) mass is 473 g/mol. The fourth-order valence-electron chi connectivity index (χ4n) is 3.45. The molecule has 3 N–H and O–H groups in total. The number of nitrogens with one attached hydrogen (secondary N) is 1. The van der Waals surface area contributed by atoms with Crippen LogP contribution >= 0.6 is 0 Å². The number of esters is 2. The molecule has 1 unspecified atom stereocenters. The molecular weight excluding hydrogens is 442 g/mol. The van der Waals surface area contributed by atoms with E-state index >= 15 is 0 Å². The highest BCUT2D eigenvalue weighted by atomic mass is 16.6. The van der Waals surface area contributed by atoms with Crippen LogP contribution < -0.4 is 5.32 Å². The molecule has 9 heteroatoms. The molecule has 9 nitrogen and oxygen atoms in total. The van der Waals surface area contributed by atoms with Crippen molar-refractivity contribution in [1.29, 1.82) is 0 Å². The third-order valence-corrected chi connectivity index (χ3v) is 4.82. The Morgan fingerprint density at radius 1 is 1.00 bits per heavy atom. The summed E-state index contributed by atoms with van der Waals surface area (Å²) in [6, 6.07) is 12.4. The standard InChI is InChI=1S/C25H31NO8/c1-16(33-21(29)18-9-7-6-8-10-18)14-25(22(30)32-5,26-23(31)34-24(2,3)4)15-17-11-12-19(27)20(28)13-17/h6-13,16,27-28H,14-15H2,1-5H3,(H,26,31)/t16-,25?/m0/s1. The predicted octanol–water partition coefficient (Wildman–Crippen LogP) is 3.71. The van der Waals surface area contributed by atoms with Crippen LogP contribution in [0.4, 0.5) is 4.79 Å². The van der Waals surface area contributed by atoms with Gasteiger partial charge in [0.15, 0.2) is 11.5 Å². The van der Waals surface area contributed by atoms with Gasteiger partial charge in [0.05, 0.1) is 12.7 Å². The van der Waals surface area contributed by atoms with E-state index in [0.717, 1.165) is 0 Å². The molecule has 0 spiro atoms. The molecule has 184 valence electrons. The van der Waals surface area contributed by atoms with E-state index in [1.165, 1.54) is 25.3 Å². The van der Waals surface area contributed by atoms with E-state index in [2.05, 4.69) is 5.32 Å². The topological polar surface area (TPSA) is 131 Å². The lowest BCUT2D eigenvalue weighted by Gasteiger charge is -2.35. The second-order valence-corrected chi connectivity index (χ2v) is 8.99. The SMILES string of the molecule is COC(=O)C(Cc1ccc(O)c(O)c1)(C[C@H](C)OC(=O)c1ccccc1)NC(=O)OC(C)(C)C.